The molecule has 0 saturated carbocycles. The molecule has 18 heavy (non-hydrogen) atoms. The minimum atomic E-state index is 0.744. The van der Waals surface area contributed by atoms with E-state index >= 15 is 0 Å². The lowest BCUT2D eigenvalue weighted by atomic mass is 10.0. The van der Waals surface area contributed by atoms with Gasteiger partial charge in [0.25, 0.3) is 0 Å². The number of nitrogens with zero attached hydrogens (tertiary/aromatic N) is 1. The molecule has 0 heterocycles. The predicted molar refractivity (Wildman–Crippen MR) is 84.3 cm³/mol. The summed E-state index contributed by atoms with van der Waals surface area (Å²) in [5.41, 5.74) is 3.63. The quantitative estimate of drug-likeness (QED) is 0.435. The first kappa shape index (κ1) is 16.6. The average molecular weight is 245 g/mol. The van der Waals surface area contributed by atoms with Gasteiger partial charge in [-0.15, -0.1) is 0 Å². The lowest BCUT2D eigenvalue weighted by Gasteiger charge is -2.04. The molecule has 0 aliphatic carbocycles. The first-order valence-corrected chi connectivity index (χ1v) is 6.61. The third-order valence-electron chi connectivity index (χ3n) is 2.75. The normalized spacial score (nSPS) is 14.7. The van der Waals surface area contributed by atoms with E-state index in [1.807, 2.05) is 26.3 Å². The zero-order chi connectivity index (χ0) is 14.0. The molecular formula is C17H27N. The second-order valence-corrected chi connectivity index (χ2v) is 4.98. The largest absolute Gasteiger partial charge is 0.296 e. The Bertz CT molecular complexity index is 365. The van der Waals surface area contributed by atoms with Gasteiger partial charge < -0.3 is 0 Å². The van der Waals surface area contributed by atoms with Crippen molar-refractivity contribution >= 4 is 6.21 Å². The summed E-state index contributed by atoms with van der Waals surface area (Å²) in [6.45, 7) is 12.4. The maximum atomic E-state index is 4.13. The summed E-state index contributed by atoms with van der Waals surface area (Å²) >= 11 is 0. The van der Waals surface area contributed by atoms with Crippen molar-refractivity contribution in [2.24, 2.45) is 10.9 Å². The Morgan fingerprint density at radius 2 is 1.89 bits per heavy atom. The van der Waals surface area contributed by atoms with Crippen molar-refractivity contribution in [3.8, 4) is 0 Å². The Balaban J connectivity index is 4.83. The van der Waals surface area contributed by atoms with E-state index in [9.17, 15) is 0 Å². The number of aliphatic imine (C=N–C) groups is 1. The fourth-order valence-corrected chi connectivity index (χ4v) is 1.45. The molecule has 0 fully saturated rings. The van der Waals surface area contributed by atoms with E-state index in [-0.39, 0.29) is 0 Å². The maximum absolute atomic E-state index is 4.13. The van der Waals surface area contributed by atoms with Crippen LogP contribution in [0.25, 0.3) is 0 Å². The van der Waals surface area contributed by atoms with Gasteiger partial charge in [0.1, 0.15) is 0 Å². The molecule has 0 spiro atoms. The smallest absolute Gasteiger partial charge is 0.0280 e. The number of rotatable bonds is 7. The molecule has 0 amide bonds. The molecule has 1 heteroatoms. The van der Waals surface area contributed by atoms with Crippen molar-refractivity contribution in [3.05, 3.63) is 47.6 Å². The Kier molecular flexibility index (Phi) is 8.91. The van der Waals surface area contributed by atoms with E-state index in [1.54, 1.807) is 0 Å². The standard InChI is InChI=1S/C17H27N/c1-7-15(4)11-12-16(5)17(13-18-6)10-8-9-14(2)3/h7,10-14H,1,8-9H2,2-6H3/b15-11-,16-12+,17-10+,18-13?. The van der Waals surface area contributed by atoms with Crippen molar-refractivity contribution in [2.45, 2.75) is 40.5 Å². The van der Waals surface area contributed by atoms with Crippen LogP contribution in [0, 0.1) is 5.92 Å². The van der Waals surface area contributed by atoms with Gasteiger partial charge in [-0.3, -0.25) is 4.99 Å². The van der Waals surface area contributed by atoms with E-state index in [2.05, 4.69) is 50.6 Å². The first-order valence-electron chi connectivity index (χ1n) is 6.61. The van der Waals surface area contributed by atoms with Gasteiger partial charge in [0.2, 0.25) is 0 Å². The maximum Gasteiger partial charge on any atom is 0.0280 e. The molecule has 0 rings (SSSR count). The molecule has 0 unspecified atom stereocenters. The van der Waals surface area contributed by atoms with Gasteiger partial charge >= 0.3 is 0 Å². The van der Waals surface area contributed by atoms with Crippen molar-refractivity contribution in [1.82, 2.24) is 0 Å². The lowest BCUT2D eigenvalue weighted by molar-refractivity contribution is 0.594. The predicted octanol–water partition coefficient (Wildman–Crippen LogP) is 5.13. The highest BCUT2D eigenvalue weighted by Crippen LogP contribution is 2.12. The highest BCUT2D eigenvalue weighted by Gasteiger charge is 1.97. The minimum absolute atomic E-state index is 0.744. The Hall–Kier alpha value is -1.37. The first-order chi connectivity index (χ1) is 8.51. The van der Waals surface area contributed by atoms with Gasteiger partial charge in [-0.25, -0.2) is 0 Å². The monoisotopic (exact) mass is 245 g/mol. The van der Waals surface area contributed by atoms with Gasteiger partial charge in [-0.05, 0) is 43.8 Å². The Labute approximate surface area is 113 Å². The molecule has 0 N–H and O–H groups in total. The second-order valence-electron chi connectivity index (χ2n) is 4.98. The summed E-state index contributed by atoms with van der Waals surface area (Å²) in [7, 11) is 1.81. The molecule has 1 nitrogen and oxygen atoms in total. The third-order valence-corrected chi connectivity index (χ3v) is 2.75. The van der Waals surface area contributed by atoms with Crippen LogP contribution in [0.2, 0.25) is 0 Å². The van der Waals surface area contributed by atoms with Crippen LogP contribution in [0.5, 0.6) is 0 Å². The van der Waals surface area contributed by atoms with Crippen LogP contribution in [0.15, 0.2) is 52.6 Å². The summed E-state index contributed by atoms with van der Waals surface area (Å²) in [5, 5.41) is 0. The molecular weight excluding hydrogens is 218 g/mol. The van der Waals surface area contributed by atoms with Crippen LogP contribution in [0.1, 0.15) is 40.5 Å². The zero-order valence-electron chi connectivity index (χ0n) is 12.5. The highest BCUT2D eigenvalue weighted by molar-refractivity contribution is 5.84. The molecule has 0 aliphatic rings. The molecule has 100 valence electrons. The fourth-order valence-electron chi connectivity index (χ4n) is 1.45. The van der Waals surface area contributed by atoms with Crippen LogP contribution < -0.4 is 0 Å². The third kappa shape index (κ3) is 7.83. The van der Waals surface area contributed by atoms with Crippen molar-refractivity contribution in [3.63, 3.8) is 0 Å². The second kappa shape index (κ2) is 9.64. The van der Waals surface area contributed by atoms with Gasteiger partial charge in [-0.2, -0.15) is 0 Å². The molecule has 0 saturated heterocycles. The number of hydrogen-bond acceptors (Lipinski definition) is 1. The summed E-state index contributed by atoms with van der Waals surface area (Å²) < 4.78 is 0. The minimum Gasteiger partial charge on any atom is -0.296 e. The molecule has 0 bridgehead atoms. The summed E-state index contributed by atoms with van der Waals surface area (Å²) in [5.74, 6) is 0.744. The SMILES string of the molecule is C=C\C(C)=C/C=C(C)/C(C=NC)=C/CCC(C)C. The van der Waals surface area contributed by atoms with E-state index in [1.165, 1.54) is 23.1 Å². The van der Waals surface area contributed by atoms with E-state index in [4.69, 9.17) is 0 Å². The van der Waals surface area contributed by atoms with Gasteiger partial charge in [-0.1, -0.05) is 50.3 Å². The molecule has 0 atom stereocenters. The lowest BCUT2D eigenvalue weighted by Crippen LogP contribution is -1.90. The van der Waals surface area contributed by atoms with Crippen LogP contribution in [0.3, 0.4) is 0 Å². The Morgan fingerprint density at radius 3 is 2.39 bits per heavy atom. The van der Waals surface area contributed by atoms with Crippen LogP contribution >= 0.6 is 0 Å². The Morgan fingerprint density at radius 1 is 1.22 bits per heavy atom. The summed E-state index contributed by atoms with van der Waals surface area (Å²) in [4.78, 5) is 4.13. The van der Waals surface area contributed by atoms with Crippen molar-refractivity contribution in [1.29, 1.82) is 0 Å². The molecule has 0 aromatic rings. The highest BCUT2D eigenvalue weighted by atomic mass is 14.6. The number of allylic oxidation sites excluding steroid dienone is 7. The summed E-state index contributed by atoms with van der Waals surface area (Å²) in [6.07, 6.45) is 12.6. The summed E-state index contributed by atoms with van der Waals surface area (Å²) in [6, 6.07) is 0. The van der Waals surface area contributed by atoms with Crippen LogP contribution in [0.4, 0.5) is 0 Å². The van der Waals surface area contributed by atoms with Gasteiger partial charge in [0.15, 0.2) is 0 Å². The van der Waals surface area contributed by atoms with Crippen molar-refractivity contribution < 1.29 is 0 Å². The molecule has 0 aromatic carbocycles. The number of hydrogen-bond donors (Lipinski definition) is 0. The topological polar surface area (TPSA) is 12.4 Å². The fraction of sp³-hybridized carbons (Fsp3) is 0.471. The van der Waals surface area contributed by atoms with E-state index in [0.29, 0.717) is 0 Å². The zero-order valence-corrected chi connectivity index (χ0v) is 12.5. The molecule has 0 aromatic heterocycles. The van der Waals surface area contributed by atoms with Crippen LogP contribution in [-0.4, -0.2) is 13.3 Å². The average Bonchev–Trinajstić information content (AvgIpc) is 2.34. The van der Waals surface area contributed by atoms with Gasteiger partial charge in [0, 0.05) is 13.3 Å². The van der Waals surface area contributed by atoms with Crippen molar-refractivity contribution in [2.75, 3.05) is 7.05 Å². The molecule has 0 radical (unpaired) electrons. The molecule has 0 aliphatic heterocycles. The van der Waals surface area contributed by atoms with Gasteiger partial charge in [0.05, 0.1) is 0 Å². The van der Waals surface area contributed by atoms with E-state index in [0.717, 1.165) is 12.3 Å². The van der Waals surface area contributed by atoms with E-state index < -0.39 is 0 Å². The van der Waals surface area contributed by atoms with Crippen LogP contribution in [-0.2, 0) is 0 Å².